The van der Waals surface area contributed by atoms with Gasteiger partial charge in [0.05, 0.1) is 0 Å². The number of amides is 2. The molecule has 0 aromatic heterocycles. The highest BCUT2D eigenvalue weighted by Crippen LogP contribution is 2.24. The van der Waals surface area contributed by atoms with E-state index in [0.717, 1.165) is 24.3 Å². The number of carbonyl (C=O) groups excluding carboxylic acids is 2. The van der Waals surface area contributed by atoms with E-state index in [9.17, 15) is 9.59 Å². The highest BCUT2D eigenvalue weighted by molar-refractivity contribution is 5.94. The van der Waals surface area contributed by atoms with E-state index >= 15 is 0 Å². The van der Waals surface area contributed by atoms with Gasteiger partial charge in [0.25, 0.3) is 0 Å². The van der Waals surface area contributed by atoms with Crippen molar-refractivity contribution < 1.29 is 9.59 Å². The lowest BCUT2D eigenvalue weighted by Crippen LogP contribution is -2.34. The maximum Gasteiger partial charge on any atom is 0.224 e. The van der Waals surface area contributed by atoms with E-state index in [1.807, 2.05) is 32.0 Å². The molecule has 3 N–H and O–H groups in total. The van der Waals surface area contributed by atoms with Crippen molar-refractivity contribution in [1.82, 2.24) is 5.32 Å². The Bertz CT molecular complexity index is 586. The second-order valence-electron chi connectivity index (χ2n) is 6.77. The lowest BCUT2D eigenvalue weighted by molar-refractivity contribution is -0.117. The largest absolute Gasteiger partial charge is 0.326 e. The van der Waals surface area contributed by atoms with Crippen LogP contribution in [0.1, 0.15) is 45.1 Å². The average Bonchev–Trinajstić information content (AvgIpc) is 2.58. The van der Waals surface area contributed by atoms with Gasteiger partial charge in [0.1, 0.15) is 0 Å². The minimum atomic E-state index is -0.0328. The molecule has 0 spiro atoms. The molecule has 1 aliphatic heterocycles. The van der Waals surface area contributed by atoms with Crippen LogP contribution < -0.4 is 16.0 Å². The van der Waals surface area contributed by atoms with E-state index in [1.165, 1.54) is 12.8 Å². The quantitative estimate of drug-likeness (QED) is 0.717. The summed E-state index contributed by atoms with van der Waals surface area (Å²) in [5.41, 5.74) is 2.47. The van der Waals surface area contributed by atoms with Crippen molar-refractivity contribution >= 4 is 35.6 Å². The Kier molecular flexibility index (Phi) is 8.93. The van der Waals surface area contributed by atoms with Crippen LogP contribution in [0.4, 0.5) is 11.4 Å². The Labute approximate surface area is 156 Å². The molecule has 2 atom stereocenters. The Balaban J connectivity index is 0.00000312. The summed E-state index contributed by atoms with van der Waals surface area (Å²) < 4.78 is 0. The highest BCUT2D eigenvalue weighted by Gasteiger charge is 2.22. The van der Waals surface area contributed by atoms with Crippen LogP contribution in [0, 0.1) is 18.8 Å². The van der Waals surface area contributed by atoms with Gasteiger partial charge in [0.2, 0.25) is 11.8 Å². The second kappa shape index (κ2) is 10.4. The van der Waals surface area contributed by atoms with Crippen LogP contribution >= 0.6 is 12.4 Å². The zero-order chi connectivity index (χ0) is 17.5. The van der Waals surface area contributed by atoms with Crippen LogP contribution in [0.2, 0.25) is 0 Å². The summed E-state index contributed by atoms with van der Waals surface area (Å²) in [5.74, 6) is 0.937. The number of rotatable bonds is 6. The summed E-state index contributed by atoms with van der Waals surface area (Å²) in [6, 6.07) is 5.60. The van der Waals surface area contributed by atoms with Crippen molar-refractivity contribution in [2.24, 2.45) is 11.8 Å². The first-order valence-corrected chi connectivity index (χ1v) is 8.90. The van der Waals surface area contributed by atoms with Crippen LogP contribution in [0.3, 0.4) is 0 Å². The van der Waals surface area contributed by atoms with Crippen molar-refractivity contribution in [1.29, 1.82) is 0 Å². The second-order valence-corrected chi connectivity index (χ2v) is 6.77. The summed E-state index contributed by atoms with van der Waals surface area (Å²) in [4.78, 5) is 23.9. The number of piperidine rings is 1. The monoisotopic (exact) mass is 367 g/mol. The SMILES string of the molecule is CCC(=O)Nc1ccc(C)c(NC(=O)CC(C)C2CCCNC2)c1.Cl. The molecule has 140 valence electrons. The molecule has 1 aromatic rings. The van der Waals surface area contributed by atoms with Crippen molar-refractivity contribution in [3.05, 3.63) is 23.8 Å². The van der Waals surface area contributed by atoms with Gasteiger partial charge < -0.3 is 16.0 Å². The molecule has 2 unspecified atom stereocenters. The van der Waals surface area contributed by atoms with Gasteiger partial charge >= 0.3 is 0 Å². The van der Waals surface area contributed by atoms with E-state index in [4.69, 9.17) is 0 Å². The third-order valence-corrected chi connectivity index (χ3v) is 4.76. The van der Waals surface area contributed by atoms with Gasteiger partial charge in [0, 0.05) is 24.2 Å². The third kappa shape index (κ3) is 6.67. The van der Waals surface area contributed by atoms with Crippen LogP contribution in [-0.2, 0) is 9.59 Å². The lowest BCUT2D eigenvalue weighted by atomic mass is 9.85. The minimum absolute atomic E-state index is 0. The topological polar surface area (TPSA) is 70.2 Å². The fourth-order valence-corrected chi connectivity index (χ4v) is 3.11. The fraction of sp³-hybridized carbons (Fsp3) is 0.579. The number of halogens is 1. The van der Waals surface area contributed by atoms with Gasteiger partial charge in [-0.1, -0.05) is 19.9 Å². The maximum atomic E-state index is 12.4. The molecule has 0 bridgehead atoms. The molecule has 1 aromatic carbocycles. The Hall–Kier alpha value is -1.59. The number of hydrogen-bond acceptors (Lipinski definition) is 3. The first-order chi connectivity index (χ1) is 11.5. The average molecular weight is 368 g/mol. The van der Waals surface area contributed by atoms with Crippen molar-refractivity contribution in [3.8, 4) is 0 Å². The number of carbonyl (C=O) groups is 2. The summed E-state index contributed by atoms with van der Waals surface area (Å²) in [6.07, 6.45) is 3.34. The maximum absolute atomic E-state index is 12.4. The van der Waals surface area contributed by atoms with E-state index < -0.39 is 0 Å². The summed E-state index contributed by atoms with van der Waals surface area (Å²) >= 11 is 0. The van der Waals surface area contributed by atoms with Gasteiger partial charge in [0.15, 0.2) is 0 Å². The van der Waals surface area contributed by atoms with Crippen LogP contribution in [0.5, 0.6) is 0 Å². The molecule has 1 heterocycles. The molecule has 0 radical (unpaired) electrons. The smallest absolute Gasteiger partial charge is 0.224 e. The molecule has 1 aliphatic rings. The predicted octanol–water partition coefficient (Wildman–Crippen LogP) is 3.73. The first kappa shape index (κ1) is 21.5. The molecule has 1 fully saturated rings. The first-order valence-electron chi connectivity index (χ1n) is 8.90. The van der Waals surface area contributed by atoms with E-state index in [2.05, 4.69) is 22.9 Å². The van der Waals surface area contributed by atoms with Gasteiger partial charge in [-0.3, -0.25) is 9.59 Å². The number of nitrogens with one attached hydrogen (secondary N) is 3. The number of benzene rings is 1. The predicted molar refractivity (Wildman–Crippen MR) is 105 cm³/mol. The summed E-state index contributed by atoms with van der Waals surface area (Å²) in [5, 5.41) is 9.23. The molecule has 0 aliphatic carbocycles. The summed E-state index contributed by atoms with van der Waals surface area (Å²) in [7, 11) is 0. The molecule has 5 nitrogen and oxygen atoms in total. The standard InChI is InChI=1S/C19H29N3O2.ClH/c1-4-18(23)21-16-8-7-13(2)17(11-16)22-19(24)10-14(3)15-6-5-9-20-12-15;/h7-8,11,14-15,20H,4-6,9-10,12H2,1-3H3,(H,21,23)(H,22,24);1H. The zero-order valence-corrected chi connectivity index (χ0v) is 16.2. The molecule has 6 heteroatoms. The molecule has 0 saturated carbocycles. The van der Waals surface area contributed by atoms with E-state index in [-0.39, 0.29) is 24.2 Å². The summed E-state index contributed by atoms with van der Waals surface area (Å²) in [6.45, 7) is 8.02. The highest BCUT2D eigenvalue weighted by atomic mass is 35.5. The van der Waals surface area contributed by atoms with Gasteiger partial charge in [-0.15, -0.1) is 12.4 Å². The third-order valence-electron chi connectivity index (χ3n) is 4.76. The lowest BCUT2D eigenvalue weighted by Gasteiger charge is -2.28. The van der Waals surface area contributed by atoms with Crippen molar-refractivity contribution in [2.45, 2.75) is 46.5 Å². The van der Waals surface area contributed by atoms with Gasteiger partial charge in [-0.05, 0) is 62.4 Å². The van der Waals surface area contributed by atoms with E-state index in [1.54, 1.807) is 0 Å². The molecular formula is C19H30ClN3O2. The molecule has 2 rings (SSSR count). The van der Waals surface area contributed by atoms with Crippen LogP contribution in [0.15, 0.2) is 18.2 Å². The molecule has 2 amide bonds. The van der Waals surface area contributed by atoms with Gasteiger partial charge in [-0.25, -0.2) is 0 Å². The number of aryl methyl sites for hydroxylation is 1. The number of hydrogen-bond donors (Lipinski definition) is 3. The van der Waals surface area contributed by atoms with Crippen molar-refractivity contribution in [3.63, 3.8) is 0 Å². The minimum Gasteiger partial charge on any atom is -0.326 e. The molecule has 25 heavy (non-hydrogen) atoms. The van der Waals surface area contributed by atoms with Gasteiger partial charge in [-0.2, -0.15) is 0 Å². The van der Waals surface area contributed by atoms with Crippen LogP contribution in [0.25, 0.3) is 0 Å². The normalized spacial score (nSPS) is 18.0. The van der Waals surface area contributed by atoms with E-state index in [0.29, 0.717) is 30.4 Å². The Morgan fingerprint density at radius 2 is 2.04 bits per heavy atom. The molecule has 1 saturated heterocycles. The Morgan fingerprint density at radius 1 is 1.28 bits per heavy atom. The zero-order valence-electron chi connectivity index (χ0n) is 15.4. The molecular weight excluding hydrogens is 338 g/mol. The Morgan fingerprint density at radius 3 is 2.68 bits per heavy atom. The number of anilines is 2. The van der Waals surface area contributed by atoms with Crippen molar-refractivity contribution in [2.75, 3.05) is 23.7 Å². The fourth-order valence-electron chi connectivity index (χ4n) is 3.11. The van der Waals surface area contributed by atoms with Crippen LogP contribution in [-0.4, -0.2) is 24.9 Å².